The third kappa shape index (κ3) is 3.10. The van der Waals surface area contributed by atoms with E-state index in [0.717, 1.165) is 31.2 Å². The minimum Gasteiger partial charge on any atom is -0.341 e. The van der Waals surface area contributed by atoms with Gasteiger partial charge in [0.1, 0.15) is 0 Å². The number of aryl methyl sites for hydroxylation is 1. The van der Waals surface area contributed by atoms with E-state index in [2.05, 4.69) is 5.10 Å². The quantitative estimate of drug-likeness (QED) is 0.866. The lowest BCUT2D eigenvalue weighted by Crippen LogP contribution is -2.37. The molecule has 0 radical (unpaired) electrons. The van der Waals surface area contributed by atoms with Gasteiger partial charge in [0, 0.05) is 44.4 Å². The molecule has 100 valence electrons. The third-order valence-corrected chi connectivity index (χ3v) is 3.68. The van der Waals surface area contributed by atoms with E-state index < -0.39 is 0 Å². The Bertz CT molecular complexity index is 407. The highest BCUT2D eigenvalue weighted by atomic mass is 16.2. The SMILES string of the molecule is CN(Cc1cnn(C)c1)C(=O)C1CCC(N)CC1. The zero-order valence-corrected chi connectivity index (χ0v) is 11.2. The minimum atomic E-state index is 0.159. The first kappa shape index (κ1) is 13.1. The van der Waals surface area contributed by atoms with Crippen molar-refractivity contribution >= 4 is 5.91 Å². The van der Waals surface area contributed by atoms with E-state index in [1.807, 2.05) is 20.3 Å². The van der Waals surface area contributed by atoms with Gasteiger partial charge in [-0.15, -0.1) is 0 Å². The van der Waals surface area contributed by atoms with Gasteiger partial charge in [0.05, 0.1) is 6.20 Å². The fraction of sp³-hybridized carbons (Fsp3) is 0.692. The molecule has 2 N–H and O–H groups in total. The van der Waals surface area contributed by atoms with Gasteiger partial charge in [-0.05, 0) is 25.7 Å². The van der Waals surface area contributed by atoms with Gasteiger partial charge in [0.2, 0.25) is 5.91 Å². The van der Waals surface area contributed by atoms with Gasteiger partial charge in [-0.1, -0.05) is 0 Å². The number of aromatic nitrogens is 2. The van der Waals surface area contributed by atoms with Crippen LogP contribution < -0.4 is 5.73 Å². The molecule has 1 amide bonds. The maximum absolute atomic E-state index is 12.3. The number of carbonyl (C=O) groups excluding carboxylic acids is 1. The number of carbonyl (C=O) groups is 1. The van der Waals surface area contributed by atoms with Crippen molar-refractivity contribution in [2.75, 3.05) is 7.05 Å². The van der Waals surface area contributed by atoms with Crippen molar-refractivity contribution in [2.45, 2.75) is 38.3 Å². The summed E-state index contributed by atoms with van der Waals surface area (Å²) in [5.74, 6) is 0.400. The second-order valence-corrected chi connectivity index (χ2v) is 5.33. The first-order valence-corrected chi connectivity index (χ1v) is 6.54. The van der Waals surface area contributed by atoms with E-state index >= 15 is 0 Å². The van der Waals surface area contributed by atoms with Crippen molar-refractivity contribution < 1.29 is 4.79 Å². The molecule has 0 unspecified atom stereocenters. The lowest BCUT2D eigenvalue weighted by molar-refractivity contribution is -0.135. The molecule has 18 heavy (non-hydrogen) atoms. The molecule has 1 saturated carbocycles. The molecule has 0 aromatic carbocycles. The predicted molar refractivity (Wildman–Crippen MR) is 69.6 cm³/mol. The first-order valence-electron chi connectivity index (χ1n) is 6.54. The van der Waals surface area contributed by atoms with Crippen LogP contribution in [0.1, 0.15) is 31.2 Å². The standard InChI is InChI=1S/C13H22N4O/c1-16(8-10-7-15-17(2)9-10)13(18)11-3-5-12(14)6-4-11/h7,9,11-12H,3-6,8,14H2,1-2H3. The van der Waals surface area contributed by atoms with Crippen LogP contribution in [0.4, 0.5) is 0 Å². The highest BCUT2D eigenvalue weighted by molar-refractivity contribution is 5.78. The van der Waals surface area contributed by atoms with Crippen molar-refractivity contribution in [3.63, 3.8) is 0 Å². The van der Waals surface area contributed by atoms with Crippen LogP contribution in [0, 0.1) is 5.92 Å². The van der Waals surface area contributed by atoms with Crippen LogP contribution in [-0.4, -0.2) is 33.7 Å². The molecular formula is C13H22N4O. The van der Waals surface area contributed by atoms with Crippen molar-refractivity contribution in [1.82, 2.24) is 14.7 Å². The van der Waals surface area contributed by atoms with Crippen LogP contribution in [0.15, 0.2) is 12.4 Å². The van der Waals surface area contributed by atoms with E-state index in [1.165, 1.54) is 0 Å². The number of hydrogen-bond acceptors (Lipinski definition) is 3. The Hall–Kier alpha value is -1.36. The van der Waals surface area contributed by atoms with Gasteiger partial charge in [-0.2, -0.15) is 5.10 Å². The van der Waals surface area contributed by atoms with Crippen molar-refractivity contribution in [3.05, 3.63) is 18.0 Å². The van der Waals surface area contributed by atoms with Crippen LogP contribution in [0.5, 0.6) is 0 Å². The van der Waals surface area contributed by atoms with Gasteiger partial charge in [0.25, 0.3) is 0 Å². The highest BCUT2D eigenvalue weighted by Crippen LogP contribution is 2.25. The fourth-order valence-electron chi connectivity index (χ4n) is 2.58. The van der Waals surface area contributed by atoms with Crippen LogP contribution in [0.2, 0.25) is 0 Å². The summed E-state index contributed by atoms with van der Waals surface area (Å²) in [4.78, 5) is 14.1. The van der Waals surface area contributed by atoms with Crippen molar-refractivity contribution in [2.24, 2.45) is 18.7 Å². The number of nitrogens with zero attached hydrogens (tertiary/aromatic N) is 3. The van der Waals surface area contributed by atoms with Crippen molar-refractivity contribution in [3.8, 4) is 0 Å². The molecule has 1 heterocycles. The van der Waals surface area contributed by atoms with Crippen LogP contribution >= 0.6 is 0 Å². The summed E-state index contributed by atoms with van der Waals surface area (Å²) in [6.45, 7) is 0.634. The summed E-state index contributed by atoms with van der Waals surface area (Å²) in [6, 6.07) is 0.290. The van der Waals surface area contributed by atoms with Gasteiger partial charge in [-0.3, -0.25) is 9.48 Å². The van der Waals surface area contributed by atoms with E-state index in [0.29, 0.717) is 6.54 Å². The Morgan fingerprint density at radius 1 is 1.50 bits per heavy atom. The molecule has 5 nitrogen and oxygen atoms in total. The smallest absolute Gasteiger partial charge is 0.225 e. The molecule has 0 bridgehead atoms. The van der Waals surface area contributed by atoms with E-state index in [1.54, 1.807) is 15.8 Å². The highest BCUT2D eigenvalue weighted by Gasteiger charge is 2.26. The molecule has 0 atom stereocenters. The zero-order chi connectivity index (χ0) is 13.1. The molecule has 0 saturated heterocycles. The molecule has 1 aliphatic rings. The Kier molecular flexibility index (Phi) is 4.01. The second kappa shape index (κ2) is 5.52. The maximum atomic E-state index is 12.3. The zero-order valence-electron chi connectivity index (χ0n) is 11.2. The summed E-state index contributed by atoms with van der Waals surface area (Å²) in [6.07, 6.45) is 7.55. The van der Waals surface area contributed by atoms with Gasteiger partial charge in [0.15, 0.2) is 0 Å². The lowest BCUT2D eigenvalue weighted by atomic mass is 9.85. The van der Waals surface area contributed by atoms with E-state index in [4.69, 9.17) is 5.73 Å². The summed E-state index contributed by atoms with van der Waals surface area (Å²) < 4.78 is 1.76. The first-order chi connectivity index (χ1) is 8.56. The number of rotatable bonds is 3. The van der Waals surface area contributed by atoms with Gasteiger partial charge < -0.3 is 10.6 Å². The summed E-state index contributed by atoms with van der Waals surface area (Å²) >= 11 is 0. The molecule has 1 fully saturated rings. The molecule has 0 spiro atoms. The predicted octanol–water partition coefficient (Wildman–Crippen LogP) is 0.896. The molecule has 1 aliphatic carbocycles. The van der Waals surface area contributed by atoms with E-state index in [-0.39, 0.29) is 17.9 Å². The van der Waals surface area contributed by atoms with Crippen molar-refractivity contribution in [1.29, 1.82) is 0 Å². The second-order valence-electron chi connectivity index (χ2n) is 5.33. The average molecular weight is 250 g/mol. The Morgan fingerprint density at radius 3 is 2.72 bits per heavy atom. The lowest BCUT2D eigenvalue weighted by Gasteiger charge is -2.28. The fourth-order valence-corrected chi connectivity index (χ4v) is 2.58. The number of nitrogens with two attached hydrogens (primary N) is 1. The molecule has 2 rings (SSSR count). The maximum Gasteiger partial charge on any atom is 0.225 e. The summed E-state index contributed by atoms with van der Waals surface area (Å²) in [5, 5.41) is 4.11. The molecule has 0 aliphatic heterocycles. The monoisotopic (exact) mass is 250 g/mol. The molecular weight excluding hydrogens is 228 g/mol. The largest absolute Gasteiger partial charge is 0.341 e. The average Bonchev–Trinajstić information content (AvgIpc) is 2.75. The molecule has 5 heteroatoms. The Balaban J connectivity index is 1.88. The number of hydrogen-bond donors (Lipinski definition) is 1. The third-order valence-electron chi connectivity index (χ3n) is 3.68. The Morgan fingerprint density at radius 2 is 2.17 bits per heavy atom. The topological polar surface area (TPSA) is 64.2 Å². The number of amides is 1. The molecule has 1 aromatic rings. The summed E-state index contributed by atoms with van der Waals surface area (Å²) in [7, 11) is 3.75. The summed E-state index contributed by atoms with van der Waals surface area (Å²) in [5.41, 5.74) is 6.93. The van der Waals surface area contributed by atoms with Gasteiger partial charge in [-0.25, -0.2) is 0 Å². The van der Waals surface area contributed by atoms with Crippen LogP contribution in [-0.2, 0) is 18.4 Å². The normalized spacial score (nSPS) is 23.9. The Labute approximate surface area is 108 Å². The van der Waals surface area contributed by atoms with Crippen LogP contribution in [0.25, 0.3) is 0 Å². The van der Waals surface area contributed by atoms with Crippen LogP contribution in [0.3, 0.4) is 0 Å². The molecule has 1 aromatic heterocycles. The van der Waals surface area contributed by atoms with Gasteiger partial charge >= 0.3 is 0 Å². The minimum absolute atomic E-state index is 0.159. The van der Waals surface area contributed by atoms with E-state index in [9.17, 15) is 4.79 Å².